The van der Waals surface area contributed by atoms with Gasteiger partial charge in [-0.15, -0.1) is 11.3 Å². The minimum absolute atomic E-state index is 0.435. The maximum absolute atomic E-state index is 11.4. The Labute approximate surface area is 96.6 Å². The monoisotopic (exact) mass is 272 g/mol. The molecule has 2 rings (SSSR count). The first-order chi connectivity index (χ1) is 6.75. The highest BCUT2D eigenvalue weighted by molar-refractivity contribution is 9.11. The van der Waals surface area contributed by atoms with Crippen LogP contribution in [0.1, 0.15) is 30.6 Å². The normalized spacial score (nSPS) is 15.8. The lowest BCUT2D eigenvalue weighted by Crippen LogP contribution is -2.00. The van der Waals surface area contributed by atoms with E-state index in [2.05, 4.69) is 28.1 Å². The first kappa shape index (κ1) is 10.4. The number of hydrogen-bond acceptors (Lipinski definition) is 2. The van der Waals surface area contributed by atoms with Crippen molar-refractivity contribution in [2.45, 2.75) is 32.1 Å². The molecule has 1 nitrogen and oxygen atoms in total. The van der Waals surface area contributed by atoms with Crippen LogP contribution in [0.5, 0.6) is 0 Å². The number of carbonyl (C=O) groups excluding carboxylic acids is 1. The summed E-state index contributed by atoms with van der Waals surface area (Å²) in [5.41, 5.74) is 0. The van der Waals surface area contributed by atoms with Crippen LogP contribution in [0.15, 0.2) is 15.9 Å². The number of thiophene rings is 1. The molecule has 0 amide bonds. The second-order valence-corrected chi connectivity index (χ2v) is 6.35. The van der Waals surface area contributed by atoms with Gasteiger partial charge < -0.3 is 0 Å². The molecule has 1 aromatic heterocycles. The minimum Gasteiger partial charge on any atom is -0.299 e. The van der Waals surface area contributed by atoms with Crippen LogP contribution >= 0.6 is 27.3 Å². The van der Waals surface area contributed by atoms with Gasteiger partial charge >= 0.3 is 0 Å². The van der Waals surface area contributed by atoms with Gasteiger partial charge in [-0.3, -0.25) is 4.79 Å². The molecule has 0 unspecified atom stereocenters. The molecule has 0 bridgehead atoms. The Kier molecular flexibility index (Phi) is 3.39. The summed E-state index contributed by atoms with van der Waals surface area (Å²) >= 11 is 5.21. The Morgan fingerprint density at radius 1 is 1.50 bits per heavy atom. The van der Waals surface area contributed by atoms with Crippen molar-refractivity contribution in [1.29, 1.82) is 0 Å². The molecule has 0 aromatic carbocycles. The molecular formula is C11H13BrOS. The van der Waals surface area contributed by atoms with Crippen molar-refractivity contribution in [1.82, 2.24) is 0 Å². The Morgan fingerprint density at radius 3 is 2.86 bits per heavy atom. The van der Waals surface area contributed by atoms with Crippen LogP contribution in [0.2, 0.25) is 0 Å². The fourth-order valence-electron chi connectivity index (χ4n) is 1.53. The number of carbonyl (C=O) groups is 1. The van der Waals surface area contributed by atoms with E-state index in [4.69, 9.17) is 0 Å². The van der Waals surface area contributed by atoms with Gasteiger partial charge in [-0.05, 0) is 53.7 Å². The smallest absolute Gasteiger partial charge is 0.135 e. The van der Waals surface area contributed by atoms with Crippen molar-refractivity contribution < 1.29 is 4.79 Å². The molecule has 1 heterocycles. The van der Waals surface area contributed by atoms with Gasteiger partial charge in [0.15, 0.2) is 0 Å². The van der Waals surface area contributed by atoms with Crippen LogP contribution < -0.4 is 0 Å². The van der Waals surface area contributed by atoms with Gasteiger partial charge in [0.05, 0.1) is 3.79 Å². The minimum atomic E-state index is 0.435. The maximum Gasteiger partial charge on any atom is 0.135 e. The molecule has 1 aromatic rings. The zero-order chi connectivity index (χ0) is 9.97. The number of aryl methyl sites for hydroxylation is 1. The van der Waals surface area contributed by atoms with Gasteiger partial charge in [0, 0.05) is 17.2 Å². The molecule has 0 saturated heterocycles. The lowest BCUT2D eigenvalue weighted by Gasteiger charge is -1.97. The molecule has 0 N–H and O–H groups in total. The molecule has 3 heteroatoms. The first-order valence-electron chi connectivity index (χ1n) is 5.02. The maximum atomic E-state index is 11.4. The van der Waals surface area contributed by atoms with Gasteiger partial charge in [0.25, 0.3) is 0 Å². The fourth-order valence-corrected chi connectivity index (χ4v) is 3.06. The van der Waals surface area contributed by atoms with E-state index in [1.54, 1.807) is 11.3 Å². The Hall–Kier alpha value is -0.150. The first-order valence-corrected chi connectivity index (χ1v) is 6.63. The molecule has 1 aliphatic carbocycles. The van der Waals surface area contributed by atoms with Crippen molar-refractivity contribution >= 4 is 33.0 Å². The fraction of sp³-hybridized carbons (Fsp3) is 0.545. The van der Waals surface area contributed by atoms with Crippen molar-refractivity contribution in [3.05, 3.63) is 20.8 Å². The highest BCUT2D eigenvalue weighted by atomic mass is 79.9. The van der Waals surface area contributed by atoms with Crippen LogP contribution in [-0.2, 0) is 11.2 Å². The predicted octanol–water partition coefficient (Wildman–Crippen LogP) is 3.81. The largest absolute Gasteiger partial charge is 0.299 e. The summed E-state index contributed by atoms with van der Waals surface area (Å²) in [6.45, 7) is 0. The third-order valence-corrected chi connectivity index (χ3v) is 4.19. The molecule has 1 aliphatic rings. The van der Waals surface area contributed by atoms with E-state index in [1.807, 2.05) is 0 Å². The second kappa shape index (κ2) is 4.58. The van der Waals surface area contributed by atoms with Crippen LogP contribution in [0.4, 0.5) is 0 Å². The summed E-state index contributed by atoms with van der Waals surface area (Å²) in [5, 5.41) is 0. The summed E-state index contributed by atoms with van der Waals surface area (Å²) in [6, 6.07) is 4.21. The number of Topliss-reactive ketones (excluding diaryl/α,β-unsaturated/α-hetero) is 1. The standard InChI is InChI=1S/C11H13BrOS/c12-11-7-6-9(14-11)2-1-3-10(13)8-4-5-8/h6-8H,1-5H2. The quantitative estimate of drug-likeness (QED) is 0.797. The second-order valence-electron chi connectivity index (χ2n) is 3.80. The molecule has 0 atom stereocenters. The summed E-state index contributed by atoms with van der Waals surface area (Å²) in [6.07, 6.45) is 5.13. The topological polar surface area (TPSA) is 17.1 Å². The summed E-state index contributed by atoms with van der Waals surface area (Å²) < 4.78 is 1.18. The highest BCUT2D eigenvalue weighted by Crippen LogP contribution is 2.31. The Balaban J connectivity index is 1.69. The zero-order valence-corrected chi connectivity index (χ0v) is 10.4. The number of halogens is 1. The molecule has 0 radical (unpaired) electrons. The van der Waals surface area contributed by atoms with Gasteiger partial charge in [-0.1, -0.05) is 0 Å². The van der Waals surface area contributed by atoms with E-state index >= 15 is 0 Å². The Morgan fingerprint density at radius 2 is 2.29 bits per heavy atom. The van der Waals surface area contributed by atoms with Gasteiger partial charge in [-0.25, -0.2) is 0 Å². The SMILES string of the molecule is O=C(CCCc1ccc(Br)s1)C1CC1. The van der Waals surface area contributed by atoms with E-state index in [1.165, 1.54) is 8.66 Å². The molecule has 0 spiro atoms. The van der Waals surface area contributed by atoms with E-state index in [-0.39, 0.29) is 0 Å². The third kappa shape index (κ3) is 2.92. The number of ketones is 1. The van der Waals surface area contributed by atoms with Gasteiger partial charge in [0.2, 0.25) is 0 Å². The van der Waals surface area contributed by atoms with Crippen molar-refractivity contribution in [2.75, 3.05) is 0 Å². The van der Waals surface area contributed by atoms with Crippen molar-refractivity contribution in [3.63, 3.8) is 0 Å². The number of rotatable bonds is 5. The number of hydrogen-bond donors (Lipinski definition) is 0. The molecular weight excluding hydrogens is 260 g/mol. The zero-order valence-electron chi connectivity index (χ0n) is 7.96. The van der Waals surface area contributed by atoms with Crippen LogP contribution in [0, 0.1) is 5.92 Å². The molecule has 76 valence electrons. The third-order valence-electron chi connectivity index (χ3n) is 2.51. The lowest BCUT2D eigenvalue weighted by atomic mass is 10.1. The Bertz CT molecular complexity index is 328. The average molecular weight is 273 g/mol. The van der Waals surface area contributed by atoms with Crippen LogP contribution in [-0.4, -0.2) is 5.78 Å². The highest BCUT2D eigenvalue weighted by Gasteiger charge is 2.28. The molecule has 1 fully saturated rings. The van der Waals surface area contributed by atoms with Gasteiger partial charge in [0.1, 0.15) is 5.78 Å². The average Bonchev–Trinajstić information content (AvgIpc) is 2.92. The van der Waals surface area contributed by atoms with E-state index in [9.17, 15) is 4.79 Å². The predicted molar refractivity (Wildman–Crippen MR) is 62.7 cm³/mol. The van der Waals surface area contributed by atoms with Gasteiger partial charge in [-0.2, -0.15) is 0 Å². The van der Waals surface area contributed by atoms with Crippen molar-refractivity contribution in [3.8, 4) is 0 Å². The van der Waals surface area contributed by atoms with E-state index < -0.39 is 0 Å². The molecule has 0 aliphatic heterocycles. The van der Waals surface area contributed by atoms with Crippen LogP contribution in [0.25, 0.3) is 0 Å². The lowest BCUT2D eigenvalue weighted by molar-refractivity contribution is -0.120. The summed E-state index contributed by atoms with van der Waals surface area (Å²) in [5.74, 6) is 0.922. The summed E-state index contributed by atoms with van der Waals surface area (Å²) in [7, 11) is 0. The molecule has 1 saturated carbocycles. The van der Waals surface area contributed by atoms with Crippen LogP contribution in [0.3, 0.4) is 0 Å². The van der Waals surface area contributed by atoms with Crippen molar-refractivity contribution in [2.24, 2.45) is 5.92 Å². The van der Waals surface area contributed by atoms with E-state index in [0.29, 0.717) is 11.7 Å². The van der Waals surface area contributed by atoms with E-state index in [0.717, 1.165) is 32.1 Å². The molecule has 14 heavy (non-hydrogen) atoms. The summed E-state index contributed by atoms with van der Waals surface area (Å²) in [4.78, 5) is 12.8.